The fourth-order valence-corrected chi connectivity index (χ4v) is 2.11. The van der Waals surface area contributed by atoms with E-state index in [1.807, 2.05) is 6.92 Å². The minimum absolute atomic E-state index is 0.0510. The highest BCUT2D eigenvalue weighted by Crippen LogP contribution is 2.30. The standard InChI is InChI=1S/C15H20O7S/c1-4-5-8-21-13-9-11(10-14(20-2)15(16)17)6-7-12(13)22-23(3,18)19/h6-7,9-10H,4-5,8H2,1-3H3,(H,16,17). The number of hydrogen-bond donors (Lipinski definition) is 1. The number of carboxylic acids is 1. The third kappa shape index (κ3) is 6.60. The van der Waals surface area contributed by atoms with Gasteiger partial charge in [-0.3, -0.25) is 0 Å². The Morgan fingerprint density at radius 3 is 2.52 bits per heavy atom. The van der Waals surface area contributed by atoms with Gasteiger partial charge in [-0.05, 0) is 30.2 Å². The number of hydrogen-bond acceptors (Lipinski definition) is 6. The predicted molar refractivity (Wildman–Crippen MR) is 84.9 cm³/mol. The molecular formula is C15H20O7S. The van der Waals surface area contributed by atoms with E-state index in [0.29, 0.717) is 12.2 Å². The highest BCUT2D eigenvalue weighted by Gasteiger charge is 2.13. The van der Waals surface area contributed by atoms with Crippen LogP contribution >= 0.6 is 0 Å². The smallest absolute Gasteiger partial charge is 0.371 e. The van der Waals surface area contributed by atoms with Gasteiger partial charge in [-0.15, -0.1) is 0 Å². The molecule has 8 heteroatoms. The van der Waals surface area contributed by atoms with Crippen LogP contribution in [0.15, 0.2) is 24.0 Å². The molecular weight excluding hydrogens is 324 g/mol. The van der Waals surface area contributed by atoms with Crippen LogP contribution in [-0.4, -0.2) is 39.5 Å². The lowest BCUT2D eigenvalue weighted by molar-refractivity contribution is -0.135. The average Bonchev–Trinajstić information content (AvgIpc) is 2.45. The molecule has 1 N–H and O–H groups in total. The molecule has 1 aromatic carbocycles. The molecule has 7 nitrogen and oxygen atoms in total. The molecule has 0 aromatic heterocycles. The number of methoxy groups -OCH3 is 1. The van der Waals surface area contributed by atoms with Gasteiger partial charge in [0.15, 0.2) is 11.5 Å². The number of benzene rings is 1. The lowest BCUT2D eigenvalue weighted by atomic mass is 10.2. The molecule has 128 valence electrons. The van der Waals surface area contributed by atoms with Crippen molar-refractivity contribution in [3.05, 3.63) is 29.5 Å². The quantitative estimate of drug-likeness (QED) is 0.317. The normalized spacial score (nSPS) is 11.9. The van der Waals surface area contributed by atoms with Crippen LogP contribution < -0.4 is 8.92 Å². The zero-order valence-electron chi connectivity index (χ0n) is 13.2. The maximum absolute atomic E-state index is 11.3. The summed E-state index contributed by atoms with van der Waals surface area (Å²) in [6, 6.07) is 4.41. The minimum atomic E-state index is -3.70. The van der Waals surface area contributed by atoms with Crippen LogP contribution in [0.5, 0.6) is 11.5 Å². The molecule has 1 aromatic rings. The number of carboxylic acid groups (broad SMARTS) is 1. The van der Waals surface area contributed by atoms with E-state index < -0.39 is 16.1 Å². The van der Waals surface area contributed by atoms with Gasteiger partial charge in [-0.1, -0.05) is 19.4 Å². The summed E-state index contributed by atoms with van der Waals surface area (Å²) >= 11 is 0. The van der Waals surface area contributed by atoms with Gasteiger partial charge in [0.05, 0.1) is 20.0 Å². The Hall–Kier alpha value is -2.22. The van der Waals surface area contributed by atoms with E-state index in [-0.39, 0.29) is 17.3 Å². The second kappa shape index (κ2) is 8.42. The summed E-state index contributed by atoms with van der Waals surface area (Å²) in [6.07, 6.45) is 3.94. The molecule has 0 bridgehead atoms. The zero-order chi connectivity index (χ0) is 17.5. The Morgan fingerprint density at radius 2 is 2.00 bits per heavy atom. The lowest BCUT2D eigenvalue weighted by Gasteiger charge is -2.12. The largest absolute Gasteiger partial charge is 0.490 e. The van der Waals surface area contributed by atoms with Crippen molar-refractivity contribution in [2.24, 2.45) is 0 Å². The van der Waals surface area contributed by atoms with Crippen LogP contribution in [0.2, 0.25) is 0 Å². The molecule has 0 heterocycles. The number of unbranched alkanes of at least 4 members (excludes halogenated alkanes) is 1. The molecule has 0 aliphatic heterocycles. The van der Waals surface area contributed by atoms with Gasteiger partial charge < -0.3 is 18.8 Å². The first-order valence-electron chi connectivity index (χ1n) is 6.92. The van der Waals surface area contributed by atoms with Crippen molar-refractivity contribution in [1.82, 2.24) is 0 Å². The molecule has 0 aliphatic rings. The molecule has 0 saturated heterocycles. The first-order valence-corrected chi connectivity index (χ1v) is 8.73. The number of carbonyl (C=O) groups is 1. The third-order valence-corrected chi connectivity index (χ3v) is 3.18. The second-order valence-electron chi connectivity index (χ2n) is 4.71. The molecule has 0 saturated carbocycles. The van der Waals surface area contributed by atoms with Crippen LogP contribution in [-0.2, 0) is 19.6 Å². The Balaban J connectivity index is 3.17. The Labute approximate surface area is 135 Å². The van der Waals surface area contributed by atoms with Crippen molar-refractivity contribution < 1.29 is 32.0 Å². The zero-order valence-corrected chi connectivity index (χ0v) is 14.1. The molecule has 0 fully saturated rings. The summed E-state index contributed by atoms with van der Waals surface area (Å²) in [6.45, 7) is 2.38. The molecule has 0 amide bonds. The van der Waals surface area contributed by atoms with Crippen LogP contribution in [0.3, 0.4) is 0 Å². The van der Waals surface area contributed by atoms with E-state index in [0.717, 1.165) is 19.1 Å². The van der Waals surface area contributed by atoms with Crippen molar-refractivity contribution >= 4 is 22.2 Å². The highest BCUT2D eigenvalue weighted by atomic mass is 32.2. The molecule has 23 heavy (non-hydrogen) atoms. The Kier molecular flexibility index (Phi) is 6.89. The van der Waals surface area contributed by atoms with Crippen molar-refractivity contribution in [3.63, 3.8) is 0 Å². The molecule has 0 radical (unpaired) electrons. The topological polar surface area (TPSA) is 99.1 Å². The summed E-state index contributed by atoms with van der Waals surface area (Å²) in [5, 5.41) is 8.96. The van der Waals surface area contributed by atoms with Gasteiger partial charge in [-0.2, -0.15) is 8.42 Å². The van der Waals surface area contributed by atoms with E-state index >= 15 is 0 Å². The van der Waals surface area contributed by atoms with E-state index in [1.54, 1.807) is 0 Å². The lowest BCUT2D eigenvalue weighted by Crippen LogP contribution is -2.08. The molecule has 0 atom stereocenters. The molecule has 0 unspecified atom stereocenters. The average molecular weight is 344 g/mol. The van der Waals surface area contributed by atoms with Crippen molar-refractivity contribution in [3.8, 4) is 11.5 Å². The van der Waals surface area contributed by atoms with E-state index in [4.69, 9.17) is 18.8 Å². The fraction of sp³-hybridized carbons (Fsp3) is 0.400. The third-order valence-electron chi connectivity index (χ3n) is 2.69. The van der Waals surface area contributed by atoms with Crippen molar-refractivity contribution in [2.45, 2.75) is 19.8 Å². The number of rotatable bonds is 9. The van der Waals surface area contributed by atoms with Gasteiger partial charge in [-0.25, -0.2) is 4.79 Å². The number of aliphatic carboxylic acids is 1. The van der Waals surface area contributed by atoms with E-state index in [1.165, 1.54) is 31.4 Å². The monoisotopic (exact) mass is 344 g/mol. The Morgan fingerprint density at radius 1 is 1.30 bits per heavy atom. The van der Waals surface area contributed by atoms with Gasteiger partial charge >= 0.3 is 16.1 Å². The maximum Gasteiger partial charge on any atom is 0.371 e. The predicted octanol–water partition coefficient (Wildman–Crippen LogP) is 2.28. The van der Waals surface area contributed by atoms with Gasteiger partial charge in [0.1, 0.15) is 0 Å². The highest BCUT2D eigenvalue weighted by molar-refractivity contribution is 7.86. The first kappa shape index (κ1) is 18.8. The fourth-order valence-electron chi connectivity index (χ4n) is 1.64. The van der Waals surface area contributed by atoms with E-state index in [9.17, 15) is 13.2 Å². The summed E-state index contributed by atoms with van der Waals surface area (Å²) < 4.78 is 37.8. The van der Waals surface area contributed by atoms with Crippen LogP contribution in [0.25, 0.3) is 6.08 Å². The van der Waals surface area contributed by atoms with Crippen LogP contribution in [0.1, 0.15) is 25.3 Å². The second-order valence-corrected chi connectivity index (χ2v) is 6.29. The molecule has 0 aliphatic carbocycles. The SMILES string of the molecule is CCCCOc1cc(C=C(OC)C(=O)O)ccc1OS(C)(=O)=O. The minimum Gasteiger partial charge on any atom is -0.490 e. The maximum atomic E-state index is 11.3. The van der Waals surface area contributed by atoms with Gasteiger partial charge in [0.2, 0.25) is 5.76 Å². The van der Waals surface area contributed by atoms with Gasteiger partial charge in [0.25, 0.3) is 0 Å². The van der Waals surface area contributed by atoms with Crippen molar-refractivity contribution in [2.75, 3.05) is 20.0 Å². The van der Waals surface area contributed by atoms with Crippen LogP contribution in [0, 0.1) is 0 Å². The summed E-state index contributed by atoms with van der Waals surface area (Å²) in [5.74, 6) is -1.19. The van der Waals surface area contributed by atoms with Gasteiger partial charge in [0, 0.05) is 0 Å². The summed E-state index contributed by atoms with van der Waals surface area (Å²) in [5.41, 5.74) is 0.483. The first-order chi connectivity index (χ1) is 10.8. The summed E-state index contributed by atoms with van der Waals surface area (Å²) in [7, 11) is -2.45. The number of ether oxygens (including phenoxy) is 2. The van der Waals surface area contributed by atoms with Crippen molar-refractivity contribution in [1.29, 1.82) is 0 Å². The molecule has 1 rings (SSSR count). The Bertz CT molecular complexity index is 677. The summed E-state index contributed by atoms with van der Waals surface area (Å²) in [4.78, 5) is 11.0. The van der Waals surface area contributed by atoms with Crippen LogP contribution in [0.4, 0.5) is 0 Å². The van der Waals surface area contributed by atoms with E-state index in [2.05, 4.69) is 0 Å². The molecule has 0 spiro atoms.